The predicted molar refractivity (Wildman–Crippen MR) is 88.4 cm³/mol. The first kappa shape index (κ1) is 17.7. The van der Waals surface area contributed by atoms with Crippen LogP contribution in [0.15, 0.2) is 30.5 Å². The van der Waals surface area contributed by atoms with Gasteiger partial charge < -0.3 is 15.1 Å². The van der Waals surface area contributed by atoms with Gasteiger partial charge in [-0.2, -0.15) is 0 Å². The third-order valence-corrected chi connectivity index (χ3v) is 4.09. The smallest absolute Gasteiger partial charge is 0.274 e. The second-order valence-electron chi connectivity index (χ2n) is 5.71. The molecule has 2 aromatic rings. The third kappa shape index (κ3) is 3.61. The highest BCUT2D eigenvalue weighted by atomic mass is 19.2. The normalized spacial score (nSPS) is 14.3. The van der Waals surface area contributed by atoms with Crippen molar-refractivity contribution in [3.05, 3.63) is 53.6 Å². The molecule has 1 fully saturated rings. The van der Waals surface area contributed by atoms with Gasteiger partial charge >= 0.3 is 0 Å². The molecule has 0 aliphatic carbocycles. The van der Waals surface area contributed by atoms with Crippen LogP contribution >= 0.6 is 0 Å². The molecule has 2 amide bonds. The number of amides is 2. The van der Waals surface area contributed by atoms with Gasteiger partial charge in [0.15, 0.2) is 17.5 Å². The Morgan fingerprint density at radius 3 is 2.38 bits per heavy atom. The Hall–Kier alpha value is -3.10. The van der Waals surface area contributed by atoms with Crippen LogP contribution in [0.5, 0.6) is 0 Å². The van der Waals surface area contributed by atoms with Gasteiger partial charge in [0, 0.05) is 26.2 Å². The highest BCUT2D eigenvalue weighted by Crippen LogP contribution is 2.21. The van der Waals surface area contributed by atoms with E-state index in [1.165, 1.54) is 12.3 Å². The van der Waals surface area contributed by atoms with E-state index in [4.69, 9.17) is 0 Å². The lowest BCUT2D eigenvalue weighted by Gasteiger charge is -2.33. The van der Waals surface area contributed by atoms with Gasteiger partial charge in [-0.3, -0.25) is 9.59 Å². The van der Waals surface area contributed by atoms with Crippen LogP contribution in [0.1, 0.15) is 10.5 Å². The summed E-state index contributed by atoms with van der Waals surface area (Å²) in [5, 5.41) is 2.16. The lowest BCUT2D eigenvalue weighted by Crippen LogP contribution is -2.45. The maximum atomic E-state index is 13.6. The molecular formula is C17H15F3N4O2. The zero-order valence-corrected chi connectivity index (χ0v) is 13.6. The van der Waals surface area contributed by atoms with Crippen molar-refractivity contribution in [3.63, 3.8) is 0 Å². The van der Waals surface area contributed by atoms with Crippen LogP contribution in [0.25, 0.3) is 0 Å². The van der Waals surface area contributed by atoms with Crippen molar-refractivity contribution in [3.8, 4) is 0 Å². The summed E-state index contributed by atoms with van der Waals surface area (Å²) in [5.74, 6) is -5.20. The number of hydrogen-bond acceptors (Lipinski definition) is 4. The summed E-state index contributed by atoms with van der Waals surface area (Å²) in [5.41, 5.74) is 0.320. The first-order valence-corrected chi connectivity index (χ1v) is 7.85. The molecule has 1 aliphatic rings. The van der Waals surface area contributed by atoms with Crippen LogP contribution in [0, 0.1) is 17.5 Å². The average molecular weight is 364 g/mol. The Morgan fingerprint density at radius 1 is 1.04 bits per heavy atom. The molecule has 0 spiro atoms. The molecule has 3 rings (SSSR count). The van der Waals surface area contributed by atoms with Crippen LogP contribution < -0.4 is 10.2 Å². The molecule has 1 aliphatic heterocycles. The van der Waals surface area contributed by atoms with E-state index in [2.05, 4.69) is 10.3 Å². The SMILES string of the molecule is O=CN1CCN(c2ccc(C(=O)Nc3ccc(F)c(F)c3F)nc2)CC1. The Labute approximate surface area is 147 Å². The minimum Gasteiger partial charge on any atom is -0.367 e. The lowest BCUT2D eigenvalue weighted by atomic mass is 10.2. The molecule has 1 saturated heterocycles. The highest BCUT2D eigenvalue weighted by molar-refractivity contribution is 6.03. The van der Waals surface area contributed by atoms with Crippen molar-refractivity contribution >= 4 is 23.7 Å². The van der Waals surface area contributed by atoms with Crippen LogP contribution in [-0.4, -0.2) is 48.4 Å². The van der Waals surface area contributed by atoms with Gasteiger partial charge in [0.1, 0.15) is 5.69 Å². The summed E-state index contributed by atoms with van der Waals surface area (Å²) in [4.78, 5) is 30.6. The minimum absolute atomic E-state index is 0.00408. The molecule has 136 valence electrons. The Bertz CT molecular complexity index is 822. The molecule has 0 saturated carbocycles. The van der Waals surface area contributed by atoms with Crippen LogP contribution in [0.3, 0.4) is 0 Å². The monoisotopic (exact) mass is 364 g/mol. The molecule has 2 heterocycles. The van der Waals surface area contributed by atoms with Crippen LogP contribution in [0.2, 0.25) is 0 Å². The number of pyridine rings is 1. The first-order chi connectivity index (χ1) is 12.5. The number of anilines is 2. The van der Waals surface area contributed by atoms with E-state index in [0.29, 0.717) is 26.2 Å². The van der Waals surface area contributed by atoms with Crippen LogP contribution in [-0.2, 0) is 4.79 Å². The van der Waals surface area contributed by atoms with E-state index < -0.39 is 29.0 Å². The predicted octanol–water partition coefficient (Wildman–Crippen LogP) is 2.03. The summed E-state index contributed by atoms with van der Waals surface area (Å²) in [6.07, 6.45) is 2.30. The van der Waals surface area contributed by atoms with Gasteiger partial charge in [-0.25, -0.2) is 18.2 Å². The zero-order valence-electron chi connectivity index (χ0n) is 13.6. The molecule has 1 aromatic carbocycles. The molecule has 0 radical (unpaired) electrons. The summed E-state index contributed by atoms with van der Waals surface area (Å²) < 4.78 is 39.8. The minimum atomic E-state index is -1.65. The molecule has 0 unspecified atom stereocenters. The molecule has 6 nitrogen and oxygen atoms in total. The average Bonchev–Trinajstić information content (AvgIpc) is 2.68. The fourth-order valence-electron chi connectivity index (χ4n) is 2.60. The molecule has 1 aromatic heterocycles. The van der Waals surface area contributed by atoms with Crippen molar-refractivity contribution in [2.45, 2.75) is 0 Å². The van der Waals surface area contributed by atoms with Crippen molar-refractivity contribution in [1.82, 2.24) is 9.88 Å². The summed E-state index contributed by atoms with van der Waals surface area (Å²) >= 11 is 0. The van der Waals surface area contributed by atoms with Crippen LogP contribution in [0.4, 0.5) is 24.5 Å². The number of carbonyl (C=O) groups excluding carboxylic acids is 2. The van der Waals surface area contributed by atoms with Crippen molar-refractivity contribution < 1.29 is 22.8 Å². The van der Waals surface area contributed by atoms with Gasteiger partial charge in [-0.15, -0.1) is 0 Å². The third-order valence-electron chi connectivity index (χ3n) is 4.09. The molecule has 0 bridgehead atoms. The number of halogens is 3. The number of nitrogens with one attached hydrogen (secondary N) is 1. The van der Waals surface area contributed by atoms with E-state index in [1.54, 1.807) is 11.0 Å². The van der Waals surface area contributed by atoms with Crippen molar-refractivity contribution in [1.29, 1.82) is 0 Å². The second-order valence-corrected chi connectivity index (χ2v) is 5.71. The largest absolute Gasteiger partial charge is 0.367 e. The number of hydrogen-bond donors (Lipinski definition) is 1. The zero-order chi connectivity index (χ0) is 18.7. The standard InChI is InChI=1S/C17H15F3N4O2/c18-12-2-4-13(16(20)15(12)19)22-17(26)14-3-1-11(9-21-14)24-7-5-23(10-25)6-8-24/h1-4,9-10H,5-8H2,(H,22,26). The first-order valence-electron chi connectivity index (χ1n) is 7.85. The van der Waals surface area contributed by atoms with Gasteiger partial charge in [-0.1, -0.05) is 0 Å². The van der Waals surface area contributed by atoms with Gasteiger partial charge in [0.2, 0.25) is 6.41 Å². The topological polar surface area (TPSA) is 65.5 Å². The number of rotatable bonds is 4. The van der Waals surface area contributed by atoms with E-state index in [9.17, 15) is 22.8 Å². The maximum absolute atomic E-state index is 13.6. The van der Waals surface area contributed by atoms with E-state index in [1.807, 2.05) is 4.90 Å². The number of nitrogens with zero attached hydrogens (tertiary/aromatic N) is 3. The summed E-state index contributed by atoms with van der Waals surface area (Å²) in [6.45, 7) is 2.49. The molecule has 0 atom stereocenters. The Kier molecular flexibility index (Phi) is 5.06. The highest BCUT2D eigenvalue weighted by Gasteiger charge is 2.18. The summed E-state index contributed by atoms with van der Waals surface area (Å²) in [6, 6.07) is 4.80. The van der Waals surface area contributed by atoms with E-state index in [-0.39, 0.29) is 5.69 Å². The van der Waals surface area contributed by atoms with Crippen molar-refractivity contribution in [2.24, 2.45) is 0 Å². The number of aromatic nitrogens is 1. The Balaban J connectivity index is 1.68. The molecular weight excluding hydrogens is 349 g/mol. The Morgan fingerprint density at radius 2 is 1.77 bits per heavy atom. The van der Waals surface area contributed by atoms with Gasteiger partial charge in [0.25, 0.3) is 5.91 Å². The summed E-state index contributed by atoms with van der Waals surface area (Å²) in [7, 11) is 0. The van der Waals surface area contributed by atoms with Gasteiger partial charge in [-0.05, 0) is 24.3 Å². The second kappa shape index (κ2) is 7.42. The maximum Gasteiger partial charge on any atom is 0.274 e. The number of carbonyl (C=O) groups is 2. The molecule has 1 N–H and O–H groups in total. The van der Waals surface area contributed by atoms with E-state index >= 15 is 0 Å². The quantitative estimate of drug-likeness (QED) is 0.666. The fourth-order valence-corrected chi connectivity index (χ4v) is 2.60. The van der Waals surface area contributed by atoms with Crippen molar-refractivity contribution in [2.75, 3.05) is 36.4 Å². The fraction of sp³-hybridized carbons (Fsp3) is 0.235. The molecule has 9 heteroatoms. The molecule has 26 heavy (non-hydrogen) atoms. The van der Waals surface area contributed by atoms with E-state index in [0.717, 1.165) is 24.2 Å². The lowest BCUT2D eigenvalue weighted by molar-refractivity contribution is -0.118. The number of piperazine rings is 1. The number of benzene rings is 1. The van der Waals surface area contributed by atoms with Gasteiger partial charge in [0.05, 0.1) is 17.6 Å².